The van der Waals surface area contributed by atoms with Crippen LogP contribution < -0.4 is 5.32 Å². The number of carbonyl (C=O) groups is 1. The second kappa shape index (κ2) is 45.8. The van der Waals surface area contributed by atoms with Gasteiger partial charge in [0.05, 0.1) is 25.4 Å². The van der Waals surface area contributed by atoms with Gasteiger partial charge in [0.25, 0.3) is 0 Å². The third kappa shape index (κ3) is 34.6. The van der Waals surface area contributed by atoms with Crippen LogP contribution in [0.5, 0.6) is 0 Å². The molecular formula is C56H105NO9. The van der Waals surface area contributed by atoms with Gasteiger partial charge in [-0.3, -0.25) is 4.79 Å². The van der Waals surface area contributed by atoms with E-state index in [0.717, 1.165) is 32.1 Å². The Morgan fingerprint density at radius 3 is 1.32 bits per heavy atom. The molecule has 1 heterocycles. The number of allylic oxidation sites excluding steroid dienone is 5. The second-order valence-electron chi connectivity index (χ2n) is 19.5. The summed E-state index contributed by atoms with van der Waals surface area (Å²) in [5, 5.41) is 64.8. The van der Waals surface area contributed by atoms with Gasteiger partial charge in [-0.1, -0.05) is 230 Å². The third-order valence-corrected chi connectivity index (χ3v) is 13.3. The summed E-state index contributed by atoms with van der Waals surface area (Å²) in [6, 6.07) is -0.995. The Morgan fingerprint density at radius 2 is 0.894 bits per heavy atom. The van der Waals surface area contributed by atoms with E-state index in [0.29, 0.717) is 19.3 Å². The summed E-state index contributed by atoms with van der Waals surface area (Å²) in [6.07, 6.45) is 48.4. The summed E-state index contributed by atoms with van der Waals surface area (Å²) in [5.41, 5.74) is 0. The van der Waals surface area contributed by atoms with Crippen molar-refractivity contribution >= 4 is 5.91 Å². The van der Waals surface area contributed by atoms with Crippen LogP contribution in [0.2, 0.25) is 0 Å². The van der Waals surface area contributed by atoms with Gasteiger partial charge in [0, 0.05) is 0 Å². The number of hydrogen-bond acceptors (Lipinski definition) is 9. The highest BCUT2D eigenvalue weighted by molar-refractivity contribution is 5.80. The van der Waals surface area contributed by atoms with Crippen LogP contribution >= 0.6 is 0 Å². The van der Waals surface area contributed by atoms with Crippen LogP contribution in [0.4, 0.5) is 0 Å². The Labute approximate surface area is 404 Å². The van der Waals surface area contributed by atoms with E-state index in [1.165, 1.54) is 186 Å². The molecule has 0 aromatic carbocycles. The molecule has 10 heteroatoms. The minimum Gasteiger partial charge on any atom is -0.394 e. The molecule has 8 unspecified atom stereocenters. The molecule has 8 atom stereocenters. The minimum atomic E-state index is -1.61. The fraction of sp³-hybridized carbons (Fsp3) is 0.875. The zero-order chi connectivity index (χ0) is 48.1. The molecule has 0 saturated carbocycles. The van der Waals surface area contributed by atoms with Crippen LogP contribution in [0.25, 0.3) is 0 Å². The zero-order valence-electron chi connectivity index (χ0n) is 42.6. The number of carbonyl (C=O) groups excluding carboxylic acids is 1. The second-order valence-corrected chi connectivity index (χ2v) is 19.5. The number of ether oxygens (including phenoxy) is 2. The van der Waals surface area contributed by atoms with Gasteiger partial charge >= 0.3 is 0 Å². The maximum Gasteiger partial charge on any atom is 0.249 e. The molecule has 0 spiro atoms. The summed E-state index contributed by atoms with van der Waals surface area (Å²) in [4.78, 5) is 13.1. The van der Waals surface area contributed by atoms with E-state index in [1.54, 1.807) is 6.08 Å². The number of aliphatic hydroxyl groups excluding tert-OH is 6. The Hall–Kier alpha value is -1.63. The maximum absolute atomic E-state index is 13.1. The predicted molar refractivity (Wildman–Crippen MR) is 273 cm³/mol. The molecule has 1 amide bonds. The summed E-state index contributed by atoms with van der Waals surface area (Å²) < 4.78 is 11.1. The van der Waals surface area contributed by atoms with E-state index in [-0.39, 0.29) is 6.61 Å². The highest BCUT2D eigenvalue weighted by Gasteiger charge is 2.44. The van der Waals surface area contributed by atoms with E-state index < -0.39 is 61.5 Å². The van der Waals surface area contributed by atoms with E-state index >= 15 is 0 Å². The van der Waals surface area contributed by atoms with E-state index in [4.69, 9.17) is 9.47 Å². The largest absolute Gasteiger partial charge is 0.394 e. The number of aliphatic hydroxyl groups is 6. The summed E-state index contributed by atoms with van der Waals surface area (Å²) >= 11 is 0. The lowest BCUT2D eigenvalue weighted by atomic mass is 9.99. The van der Waals surface area contributed by atoms with Gasteiger partial charge in [-0.15, -0.1) is 0 Å². The topological polar surface area (TPSA) is 169 Å². The Kier molecular flexibility index (Phi) is 43.3. The molecule has 1 fully saturated rings. The lowest BCUT2D eigenvalue weighted by Gasteiger charge is -2.40. The Morgan fingerprint density at radius 1 is 0.515 bits per heavy atom. The van der Waals surface area contributed by atoms with Gasteiger partial charge in [-0.2, -0.15) is 0 Å². The van der Waals surface area contributed by atoms with Crippen molar-refractivity contribution in [2.75, 3.05) is 13.2 Å². The average Bonchev–Trinajstić information content (AvgIpc) is 3.32. The molecule has 10 nitrogen and oxygen atoms in total. The van der Waals surface area contributed by atoms with Crippen molar-refractivity contribution in [1.82, 2.24) is 5.32 Å². The van der Waals surface area contributed by atoms with E-state index in [1.807, 2.05) is 6.08 Å². The molecule has 1 aliphatic rings. The average molecular weight is 936 g/mol. The molecule has 66 heavy (non-hydrogen) atoms. The van der Waals surface area contributed by atoms with E-state index in [2.05, 4.69) is 43.5 Å². The number of hydrogen-bond donors (Lipinski definition) is 7. The number of unbranched alkanes of at least 4 members (excludes halogenated alkanes) is 32. The molecule has 0 aromatic heterocycles. The van der Waals surface area contributed by atoms with Crippen molar-refractivity contribution in [3.63, 3.8) is 0 Å². The van der Waals surface area contributed by atoms with Crippen molar-refractivity contribution in [2.45, 2.75) is 300 Å². The number of nitrogens with one attached hydrogen (secondary N) is 1. The standard InChI is InChI=1S/C56H105NO9/c1-3-5-7-9-11-13-15-17-18-19-20-21-22-23-24-25-26-27-28-29-30-31-32-33-35-37-39-41-43-45-50(60)55(64)57-48(47-65-56-54(63)53(62)52(61)51(46-58)66-56)49(59)44-42-40-38-36-34-16-14-12-10-8-6-4-2/h23-24,34,36,42,44,48-54,56,58-63H,3-22,25-33,35,37-41,43,45-47H2,1-2H3,(H,57,64)/b24-23-,36-34+,44-42+. The lowest BCUT2D eigenvalue weighted by Crippen LogP contribution is -2.60. The highest BCUT2D eigenvalue weighted by atomic mass is 16.7. The number of amides is 1. The predicted octanol–water partition coefficient (Wildman–Crippen LogP) is 12.2. The normalized spacial score (nSPS) is 20.5. The fourth-order valence-electron chi connectivity index (χ4n) is 8.76. The summed E-state index contributed by atoms with van der Waals surface area (Å²) in [6.45, 7) is 3.59. The summed E-state index contributed by atoms with van der Waals surface area (Å²) in [5.74, 6) is -0.625. The van der Waals surface area contributed by atoms with Crippen molar-refractivity contribution in [2.24, 2.45) is 0 Å². The van der Waals surface area contributed by atoms with Crippen LogP contribution in [0.1, 0.15) is 251 Å². The third-order valence-electron chi connectivity index (χ3n) is 13.3. The van der Waals surface area contributed by atoms with Crippen LogP contribution in [0, 0.1) is 0 Å². The van der Waals surface area contributed by atoms with Crippen LogP contribution in [0.15, 0.2) is 36.5 Å². The van der Waals surface area contributed by atoms with Gasteiger partial charge in [-0.25, -0.2) is 0 Å². The molecule has 0 bridgehead atoms. The first kappa shape index (κ1) is 62.4. The molecule has 0 radical (unpaired) electrons. The van der Waals surface area contributed by atoms with Crippen molar-refractivity contribution in [3.05, 3.63) is 36.5 Å². The lowest BCUT2D eigenvalue weighted by molar-refractivity contribution is -0.302. The SMILES string of the molecule is CCCCCCCC/C=C/CC/C=C/C(O)C(COC1OC(CO)C(O)C(O)C1O)NC(=O)C(O)CCCCCCCCCCCCCCC/C=C\CCCCCCCCCCCCCC. The van der Waals surface area contributed by atoms with Crippen molar-refractivity contribution in [1.29, 1.82) is 0 Å². The van der Waals surface area contributed by atoms with E-state index in [9.17, 15) is 35.4 Å². The van der Waals surface area contributed by atoms with Gasteiger partial charge in [0.2, 0.25) is 5.91 Å². The van der Waals surface area contributed by atoms with Gasteiger partial charge < -0.3 is 45.4 Å². The first-order valence-corrected chi connectivity index (χ1v) is 27.8. The molecule has 0 aromatic rings. The van der Waals surface area contributed by atoms with Crippen LogP contribution in [0.3, 0.4) is 0 Å². The summed E-state index contributed by atoms with van der Waals surface area (Å²) in [7, 11) is 0. The maximum atomic E-state index is 13.1. The van der Waals surface area contributed by atoms with Gasteiger partial charge in [-0.05, 0) is 57.8 Å². The molecule has 0 aliphatic carbocycles. The van der Waals surface area contributed by atoms with Crippen LogP contribution in [-0.2, 0) is 14.3 Å². The molecule has 7 N–H and O–H groups in total. The number of rotatable bonds is 47. The minimum absolute atomic E-state index is 0.304. The molecule has 1 saturated heterocycles. The van der Waals surface area contributed by atoms with Gasteiger partial charge in [0.15, 0.2) is 6.29 Å². The monoisotopic (exact) mass is 936 g/mol. The zero-order valence-corrected chi connectivity index (χ0v) is 42.6. The fourth-order valence-corrected chi connectivity index (χ4v) is 8.76. The Balaban J connectivity index is 2.20. The highest BCUT2D eigenvalue weighted by Crippen LogP contribution is 2.23. The van der Waals surface area contributed by atoms with Crippen molar-refractivity contribution < 1.29 is 44.9 Å². The molecular weight excluding hydrogens is 831 g/mol. The first-order valence-electron chi connectivity index (χ1n) is 27.8. The van der Waals surface area contributed by atoms with Crippen LogP contribution in [-0.4, -0.2) is 98.7 Å². The first-order chi connectivity index (χ1) is 32.3. The molecule has 1 aliphatic heterocycles. The van der Waals surface area contributed by atoms with Crippen molar-refractivity contribution in [3.8, 4) is 0 Å². The molecule has 1 rings (SSSR count). The van der Waals surface area contributed by atoms with Gasteiger partial charge in [0.1, 0.15) is 30.5 Å². The molecule has 388 valence electrons. The Bertz CT molecular complexity index is 1150. The smallest absolute Gasteiger partial charge is 0.249 e. The quantitative estimate of drug-likeness (QED) is 0.0232.